The van der Waals surface area contributed by atoms with Crippen molar-refractivity contribution >= 4 is 40.0 Å². The van der Waals surface area contributed by atoms with Gasteiger partial charge in [-0.1, -0.05) is 36.5 Å². The lowest BCUT2D eigenvalue weighted by Crippen LogP contribution is -2.23. The van der Waals surface area contributed by atoms with Gasteiger partial charge in [-0.05, 0) is 62.3 Å². The van der Waals surface area contributed by atoms with Crippen LogP contribution in [0.1, 0.15) is 50.3 Å². The Kier molecular flexibility index (Phi) is 6.49. The van der Waals surface area contributed by atoms with Gasteiger partial charge in [0.25, 0.3) is 5.24 Å². The van der Waals surface area contributed by atoms with Gasteiger partial charge in [0.1, 0.15) is 10.9 Å². The number of ether oxygens (including phenoxy) is 1. The molecule has 0 fully saturated rings. The largest absolute Gasteiger partial charge is 0.480 e. The van der Waals surface area contributed by atoms with Crippen LogP contribution in [0.3, 0.4) is 0 Å². The van der Waals surface area contributed by atoms with E-state index in [9.17, 15) is 4.79 Å². The van der Waals surface area contributed by atoms with E-state index in [1.807, 2.05) is 13.0 Å². The van der Waals surface area contributed by atoms with Crippen LogP contribution >= 0.6 is 34.8 Å². The van der Waals surface area contributed by atoms with Gasteiger partial charge in [0.2, 0.25) is 0 Å². The number of aromatic nitrogens is 2. The molecule has 4 nitrogen and oxygen atoms in total. The van der Waals surface area contributed by atoms with E-state index in [-0.39, 0.29) is 0 Å². The molecule has 1 aliphatic carbocycles. The zero-order chi connectivity index (χ0) is 18.7. The van der Waals surface area contributed by atoms with Crippen molar-refractivity contribution in [3.63, 3.8) is 0 Å². The highest BCUT2D eigenvalue weighted by molar-refractivity contribution is 6.64. The van der Waals surface area contributed by atoms with E-state index in [0.717, 1.165) is 55.5 Å². The van der Waals surface area contributed by atoms with Crippen molar-refractivity contribution in [2.45, 2.75) is 58.0 Å². The first-order valence-corrected chi connectivity index (χ1v) is 10.1. The normalized spacial score (nSPS) is 14.8. The molecule has 0 spiro atoms. The van der Waals surface area contributed by atoms with E-state index in [4.69, 9.17) is 39.5 Å². The molecule has 0 saturated heterocycles. The second kappa shape index (κ2) is 8.64. The predicted molar refractivity (Wildman–Crippen MR) is 105 cm³/mol. The van der Waals surface area contributed by atoms with Crippen molar-refractivity contribution in [3.05, 3.63) is 39.6 Å². The molecular weight excluding hydrogens is 395 g/mol. The van der Waals surface area contributed by atoms with Gasteiger partial charge < -0.3 is 4.74 Å². The highest BCUT2D eigenvalue weighted by atomic mass is 35.5. The SMILES string of the molecule is CCCCC(Oc1cc(-n2nc3c(c2Cl)CCCC3)ccc1Cl)C(=O)Cl. The van der Waals surface area contributed by atoms with E-state index < -0.39 is 11.3 Å². The van der Waals surface area contributed by atoms with Gasteiger partial charge >= 0.3 is 0 Å². The molecule has 3 rings (SSSR count). The number of benzene rings is 1. The van der Waals surface area contributed by atoms with Crippen LogP contribution in [-0.2, 0) is 17.6 Å². The predicted octanol–water partition coefficient (Wildman–Crippen LogP) is 5.76. The lowest BCUT2D eigenvalue weighted by molar-refractivity contribution is -0.118. The fourth-order valence-electron chi connectivity index (χ4n) is 3.16. The Morgan fingerprint density at radius 2 is 2.08 bits per heavy atom. The van der Waals surface area contributed by atoms with Crippen LogP contribution in [-0.4, -0.2) is 21.1 Å². The number of unbranched alkanes of at least 4 members (excludes halogenated alkanes) is 1. The number of carbonyl (C=O) groups excluding carboxylic acids is 1. The maximum absolute atomic E-state index is 11.7. The molecule has 1 heterocycles. The molecule has 7 heteroatoms. The number of nitrogens with zero attached hydrogens (tertiary/aromatic N) is 2. The van der Waals surface area contributed by atoms with Crippen LogP contribution in [0.2, 0.25) is 10.2 Å². The summed E-state index contributed by atoms with van der Waals surface area (Å²) in [6, 6.07) is 5.31. The molecule has 0 saturated carbocycles. The Balaban J connectivity index is 1.90. The molecule has 1 unspecified atom stereocenters. The Morgan fingerprint density at radius 3 is 2.77 bits per heavy atom. The van der Waals surface area contributed by atoms with Gasteiger partial charge in [0, 0.05) is 11.6 Å². The van der Waals surface area contributed by atoms with Crippen LogP contribution in [0, 0.1) is 0 Å². The summed E-state index contributed by atoms with van der Waals surface area (Å²) in [5.74, 6) is 0.406. The van der Waals surface area contributed by atoms with Crippen LogP contribution in [0.4, 0.5) is 0 Å². The fourth-order valence-corrected chi connectivity index (χ4v) is 3.82. The summed E-state index contributed by atoms with van der Waals surface area (Å²) in [5, 5.41) is 5.17. The quantitative estimate of drug-likeness (QED) is 0.540. The molecule has 0 bridgehead atoms. The number of rotatable bonds is 7. The number of carbonyl (C=O) groups is 1. The van der Waals surface area contributed by atoms with Gasteiger partial charge in [-0.2, -0.15) is 5.10 Å². The number of aryl methyl sites for hydroxylation is 1. The number of halogens is 3. The molecule has 2 aromatic rings. The molecule has 0 N–H and O–H groups in total. The van der Waals surface area contributed by atoms with E-state index >= 15 is 0 Å². The van der Waals surface area contributed by atoms with Crippen molar-refractivity contribution in [2.75, 3.05) is 0 Å². The van der Waals surface area contributed by atoms with Gasteiger partial charge in [-0.25, -0.2) is 4.68 Å². The van der Waals surface area contributed by atoms with Crippen molar-refractivity contribution in [2.24, 2.45) is 0 Å². The van der Waals surface area contributed by atoms with E-state index in [2.05, 4.69) is 5.10 Å². The average molecular weight is 416 g/mol. The Hall–Kier alpha value is -1.23. The zero-order valence-corrected chi connectivity index (χ0v) is 16.9. The minimum Gasteiger partial charge on any atom is -0.480 e. The highest BCUT2D eigenvalue weighted by Crippen LogP contribution is 2.33. The summed E-state index contributed by atoms with van der Waals surface area (Å²) < 4.78 is 7.53. The summed E-state index contributed by atoms with van der Waals surface area (Å²) in [5.41, 5.74) is 2.92. The average Bonchev–Trinajstić information content (AvgIpc) is 2.97. The summed E-state index contributed by atoms with van der Waals surface area (Å²) in [4.78, 5) is 11.7. The van der Waals surface area contributed by atoms with Gasteiger partial charge in [0.15, 0.2) is 6.10 Å². The minimum atomic E-state index is -0.717. The summed E-state index contributed by atoms with van der Waals surface area (Å²) in [6.45, 7) is 2.05. The Morgan fingerprint density at radius 1 is 1.31 bits per heavy atom. The number of hydrogen-bond acceptors (Lipinski definition) is 3. The lowest BCUT2D eigenvalue weighted by Gasteiger charge is -2.17. The van der Waals surface area contributed by atoms with E-state index in [0.29, 0.717) is 22.3 Å². The zero-order valence-electron chi connectivity index (χ0n) is 14.6. The molecule has 26 heavy (non-hydrogen) atoms. The van der Waals surface area contributed by atoms with Crippen molar-refractivity contribution < 1.29 is 9.53 Å². The van der Waals surface area contributed by atoms with Crippen LogP contribution < -0.4 is 4.74 Å². The first-order chi connectivity index (χ1) is 12.5. The lowest BCUT2D eigenvalue weighted by atomic mass is 9.99. The smallest absolute Gasteiger partial charge is 0.262 e. The molecule has 140 valence electrons. The monoisotopic (exact) mass is 414 g/mol. The maximum Gasteiger partial charge on any atom is 0.262 e. The number of hydrogen-bond donors (Lipinski definition) is 0. The summed E-state index contributed by atoms with van der Waals surface area (Å²) in [7, 11) is 0. The third-order valence-electron chi connectivity index (χ3n) is 4.60. The van der Waals surface area contributed by atoms with Crippen LogP contribution in [0.25, 0.3) is 5.69 Å². The Labute approximate surface area is 168 Å². The molecule has 0 aliphatic heterocycles. The first kappa shape index (κ1) is 19.5. The van der Waals surface area contributed by atoms with Gasteiger partial charge in [-0.15, -0.1) is 0 Å². The molecular formula is C19H21Cl3N2O2. The highest BCUT2D eigenvalue weighted by Gasteiger charge is 2.22. The third-order valence-corrected chi connectivity index (χ3v) is 5.54. The standard InChI is InChI=1S/C19H21Cl3N2O2/c1-2-3-8-16(19(22)25)26-17-11-12(9-10-14(17)20)24-18(21)13-6-4-5-7-15(13)23-24/h9-11,16H,2-8H2,1H3. The molecule has 1 atom stereocenters. The number of fused-ring (bicyclic) bond motifs is 1. The molecule has 0 amide bonds. The topological polar surface area (TPSA) is 44.1 Å². The van der Waals surface area contributed by atoms with E-state index in [1.165, 1.54) is 0 Å². The van der Waals surface area contributed by atoms with Gasteiger partial charge in [-0.3, -0.25) is 4.79 Å². The van der Waals surface area contributed by atoms with Gasteiger partial charge in [0.05, 0.1) is 16.4 Å². The van der Waals surface area contributed by atoms with Crippen LogP contribution in [0.15, 0.2) is 18.2 Å². The minimum absolute atomic E-state index is 0.406. The molecule has 0 radical (unpaired) electrons. The second-order valence-corrected chi connectivity index (χ2v) is 7.64. The van der Waals surface area contributed by atoms with Crippen molar-refractivity contribution in [1.29, 1.82) is 0 Å². The van der Waals surface area contributed by atoms with E-state index in [1.54, 1.807) is 16.8 Å². The fraction of sp³-hybridized carbons (Fsp3) is 0.474. The maximum atomic E-state index is 11.7. The summed E-state index contributed by atoms with van der Waals surface area (Å²) >= 11 is 18.5. The first-order valence-electron chi connectivity index (χ1n) is 8.93. The summed E-state index contributed by atoms with van der Waals surface area (Å²) in [6.07, 6.45) is 5.78. The molecule has 1 aromatic carbocycles. The Bertz CT molecular complexity index is 804. The van der Waals surface area contributed by atoms with Crippen molar-refractivity contribution in [3.8, 4) is 11.4 Å². The van der Waals surface area contributed by atoms with Crippen molar-refractivity contribution in [1.82, 2.24) is 9.78 Å². The third kappa shape index (κ3) is 4.19. The molecule has 1 aromatic heterocycles. The molecule has 1 aliphatic rings. The second-order valence-electron chi connectivity index (χ2n) is 6.50. The van der Waals surface area contributed by atoms with Crippen LogP contribution in [0.5, 0.6) is 5.75 Å².